The number of rotatable bonds is 10. The van der Waals surface area contributed by atoms with Crippen LogP contribution >= 0.6 is 11.3 Å². The van der Waals surface area contributed by atoms with E-state index in [9.17, 15) is 4.79 Å². The van der Waals surface area contributed by atoms with Crippen molar-refractivity contribution in [3.05, 3.63) is 58.6 Å². The second kappa shape index (κ2) is 10.6. The lowest BCUT2D eigenvalue weighted by molar-refractivity contribution is 0.102. The van der Waals surface area contributed by atoms with Crippen molar-refractivity contribution < 1.29 is 19.0 Å². The predicted molar refractivity (Wildman–Crippen MR) is 117 cm³/mol. The molecule has 1 amide bonds. The van der Waals surface area contributed by atoms with Crippen molar-refractivity contribution in [2.45, 2.75) is 32.8 Å². The van der Waals surface area contributed by atoms with Crippen LogP contribution in [0.1, 0.15) is 40.7 Å². The van der Waals surface area contributed by atoms with E-state index < -0.39 is 0 Å². The Morgan fingerprint density at radius 2 is 1.77 bits per heavy atom. The summed E-state index contributed by atoms with van der Waals surface area (Å²) in [6.45, 7) is 2.47. The monoisotopic (exact) mass is 427 g/mol. The summed E-state index contributed by atoms with van der Waals surface area (Å²) in [6, 6.07) is 13.0. The van der Waals surface area contributed by atoms with Crippen LogP contribution < -0.4 is 19.5 Å². The van der Waals surface area contributed by atoms with E-state index in [1.807, 2.05) is 30.3 Å². The van der Waals surface area contributed by atoms with Crippen molar-refractivity contribution in [2.75, 3.05) is 19.5 Å². The average Bonchev–Trinajstić information content (AvgIpc) is 3.23. The average molecular weight is 428 g/mol. The van der Waals surface area contributed by atoms with Gasteiger partial charge in [-0.15, -0.1) is 10.2 Å². The second-order valence-corrected chi connectivity index (χ2v) is 7.60. The minimum Gasteiger partial charge on any atom is -0.493 e. The van der Waals surface area contributed by atoms with E-state index in [1.165, 1.54) is 25.6 Å². The molecule has 8 heteroatoms. The van der Waals surface area contributed by atoms with Gasteiger partial charge in [0.05, 0.1) is 14.2 Å². The Morgan fingerprint density at radius 1 is 1.07 bits per heavy atom. The van der Waals surface area contributed by atoms with Crippen LogP contribution in [0.2, 0.25) is 0 Å². The number of nitrogens with zero attached hydrogens (tertiary/aromatic N) is 2. The Hall–Kier alpha value is -3.13. The number of carbonyl (C=O) groups excluding carboxylic acids is 1. The topological polar surface area (TPSA) is 82.6 Å². The molecule has 0 spiro atoms. The van der Waals surface area contributed by atoms with Crippen molar-refractivity contribution in [1.29, 1.82) is 0 Å². The van der Waals surface area contributed by atoms with E-state index in [4.69, 9.17) is 14.2 Å². The van der Waals surface area contributed by atoms with Gasteiger partial charge < -0.3 is 14.2 Å². The van der Waals surface area contributed by atoms with Crippen molar-refractivity contribution in [3.8, 4) is 17.2 Å². The third-order valence-electron chi connectivity index (χ3n) is 4.38. The Bertz CT molecular complexity index is 951. The number of unbranched alkanes of at least 4 members (excludes halogenated alkanes) is 1. The number of methoxy groups -OCH3 is 2. The molecule has 0 aliphatic rings. The fourth-order valence-corrected chi connectivity index (χ4v) is 3.56. The van der Waals surface area contributed by atoms with E-state index in [2.05, 4.69) is 22.4 Å². The van der Waals surface area contributed by atoms with E-state index >= 15 is 0 Å². The number of aromatic nitrogens is 2. The molecule has 0 bridgehead atoms. The third kappa shape index (κ3) is 5.48. The number of carbonyl (C=O) groups is 1. The molecule has 1 N–H and O–H groups in total. The van der Waals surface area contributed by atoms with Crippen molar-refractivity contribution in [1.82, 2.24) is 10.2 Å². The minimum absolute atomic E-state index is 0.320. The lowest BCUT2D eigenvalue weighted by atomic mass is 10.1. The molecule has 0 atom stereocenters. The molecule has 2 aromatic carbocycles. The normalized spacial score (nSPS) is 10.5. The van der Waals surface area contributed by atoms with Gasteiger partial charge in [0.2, 0.25) is 10.9 Å². The van der Waals surface area contributed by atoms with Crippen LogP contribution in [0, 0.1) is 0 Å². The number of aryl methyl sites for hydroxylation is 1. The molecule has 158 valence electrons. The zero-order valence-corrected chi connectivity index (χ0v) is 18.1. The highest BCUT2D eigenvalue weighted by molar-refractivity contribution is 7.15. The quantitative estimate of drug-likeness (QED) is 0.504. The first-order valence-corrected chi connectivity index (χ1v) is 10.5. The molecule has 1 heterocycles. The number of ether oxygens (including phenoxy) is 3. The molecule has 3 aromatic rings. The molecule has 0 fully saturated rings. The van der Waals surface area contributed by atoms with Crippen molar-refractivity contribution in [3.63, 3.8) is 0 Å². The smallest absolute Gasteiger partial charge is 0.257 e. The number of anilines is 1. The van der Waals surface area contributed by atoms with Gasteiger partial charge >= 0.3 is 0 Å². The van der Waals surface area contributed by atoms with Crippen LogP contribution in [0.3, 0.4) is 0 Å². The number of hydrogen-bond donors (Lipinski definition) is 1. The van der Waals surface area contributed by atoms with Crippen LogP contribution in [-0.2, 0) is 13.0 Å². The standard InChI is InChI=1S/C22H25N3O4S/c1-4-5-11-19-24-25-22(30-19)23-21(26)16-12-17(27-2)20(18(13-16)28-3)29-14-15-9-7-6-8-10-15/h6-10,12-13H,4-5,11,14H2,1-3H3,(H,23,25,26). The summed E-state index contributed by atoms with van der Waals surface area (Å²) in [5, 5.41) is 12.3. The van der Waals surface area contributed by atoms with Crippen molar-refractivity contribution in [2.24, 2.45) is 0 Å². The Labute approximate surface area is 180 Å². The number of amides is 1. The summed E-state index contributed by atoms with van der Waals surface area (Å²) >= 11 is 1.38. The fraction of sp³-hybridized carbons (Fsp3) is 0.318. The lowest BCUT2D eigenvalue weighted by Gasteiger charge is -2.16. The van der Waals surface area contributed by atoms with Gasteiger partial charge in [0, 0.05) is 12.0 Å². The van der Waals surface area contributed by atoms with Gasteiger partial charge in [0.15, 0.2) is 11.5 Å². The highest BCUT2D eigenvalue weighted by Crippen LogP contribution is 2.39. The molecule has 0 radical (unpaired) electrons. The van der Waals surface area contributed by atoms with Gasteiger partial charge in [0.25, 0.3) is 5.91 Å². The molecule has 3 rings (SSSR count). The zero-order chi connectivity index (χ0) is 21.3. The van der Waals surface area contributed by atoms with Gasteiger partial charge in [-0.3, -0.25) is 10.1 Å². The van der Waals surface area contributed by atoms with E-state index in [1.54, 1.807) is 12.1 Å². The van der Waals surface area contributed by atoms with E-state index in [0.29, 0.717) is 34.6 Å². The molecule has 0 aliphatic carbocycles. The maximum Gasteiger partial charge on any atom is 0.257 e. The SMILES string of the molecule is CCCCc1nnc(NC(=O)c2cc(OC)c(OCc3ccccc3)c(OC)c2)s1. The van der Waals surface area contributed by atoms with Crippen molar-refractivity contribution >= 4 is 22.4 Å². The second-order valence-electron chi connectivity index (χ2n) is 6.54. The lowest BCUT2D eigenvalue weighted by Crippen LogP contribution is -2.12. The van der Waals surface area contributed by atoms with Crippen LogP contribution in [0.25, 0.3) is 0 Å². The number of benzene rings is 2. The van der Waals surface area contributed by atoms with Crippen LogP contribution in [0.4, 0.5) is 5.13 Å². The first-order valence-electron chi connectivity index (χ1n) is 9.71. The van der Waals surface area contributed by atoms with Crippen LogP contribution in [0.5, 0.6) is 17.2 Å². The third-order valence-corrected chi connectivity index (χ3v) is 5.28. The summed E-state index contributed by atoms with van der Waals surface area (Å²) < 4.78 is 16.8. The predicted octanol–water partition coefficient (Wildman–Crippen LogP) is 4.73. The molecular weight excluding hydrogens is 402 g/mol. The fourth-order valence-electron chi connectivity index (χ4n) is 2.79. The summed E-state index contributed by atoms with van der Waals surface area (Å²) in [6.07, 6.45) is 2.99. The van der Waals surface area contributed by atoms with Gasteiger partial charge in [-0.2, -0.15) is 0 Å². The molecule has 7 nitrogen and oxygen atoms in total. The molecule has 30 heavy (non-hydrogen) atoms. The maximum atomic E-state index is 12.7. The summed E-state index contributed by atoms with van der Waals surface area (Å²) in [5.41, 5.74) is 1.39. The Morgan fingerprint density at radius 3 is 2.40 bits per heavy atom. The number of nitrogens with one attached hydrogen (secondary N) is 1. The van der Waals surface area contributed by atoms with E-state index in [-0.39, 0.29) is 5.91 Å². The number of hydrogen-bond acceptors (Lipinski definition) is 7. The molecule has 0 aliphatic heterocycles. The van der Waals surface area contributed by atoms with Gasteiger partial charge in [0.1, 0.15) is 11.6 Å². The maximum absolute atomic E-state index is 12.7. The first kappa shape index (κ1) is 21.6. The largest absolute Gasteiger partial charge is 0.493 e. The highest BCUT2D eigenvalue weighted by Gasteiger charge is 2.19. The Balaban J connectivity index is 1.76. The summed E-state index contributed by atoms with van der Waals surface area (Å²) in [5.74, 6) is 0.949. The van der Waals surface area contributed by atoms with Gasteiger partial charge in [-0.05, 0) is 24.1 Å². The van der Waals surface area contributed by atoms with Crippen LogP contribution in [0.15, 0.2) is 42.5 Å². The molecule has 0 saturated carbocycles. The molecule has 0 saturated heterocycles. The minimum atomic E-state index is -0.320. The molecular formula is C22H25N3O4S. The van der Waals surface area contributed by atoms with Gasteiger partial charge in [-0.25, -0.2) is 0 Å². The van der Waals surface area contributed by atoms with E-state index in [0.717, 1.165) is 29.8 Å². The molecule has 1 aromatic heterocycles. The van der Waals surface area contributed by atoms with Crippen LogP contribution in [-0.4, -0.2) is 30.3 Å². The van der Waals surface area contributed by atoms with Gasteiger partial charge in [-0.1, -0.05) is 55.0 Å². The first-order chi connectivity index (χ1) is 14.6. The highest BCUT2D eigenvalue weighted by atomic mass is 32.1. The molecule has 0 unspecified atom stereocenters. The summed E-state index contributed by atoms with van der Waals surface area (Å²) in [4.78, 5) is 12.7. The summed E-state index contributed by atoms with van der Waals surface area (Å²) in [7, 11) is 3.05. The Kier molecular flexibility index (Phi) is 7.62. The zero-order valence-electron chi connectivity index (χ0n) is 17.3.